The number of nitrogens with zero attached hydrogens (tertiary/aromatic N) is 2. The standard InChI is InChI=1S/C24H31N5O3/c1-31-19-9-8-16(14-20(19)32-2)22-23(27-18-6-4-3-5-7-18)29-13-10-17(15-21(29)28-22)24(30)26-12-11-25/h8-10,13-15,18,27H,3-7,11-12,25H2,1-2H3,(H,26,30). The van der Waals surface area contributed by atoms with Gasteiger partial charge in [0.15, 0.2) is 11.5 Å². The molecule has 1 aromatic carbocycles. The Morgan fingerprint density at radius 2 is 1.91 bits per heavy atom. The Balaban J connectivity index is 1.78. The zero-order valence-electron chi connectivity index (χ0n) is 18.7. The summed E-state index contributed by atoms with van der Waals surface area (Å²) >= 11 is 0. The van der Waals surface area contributed by atoms with Gasteiger partial charge < -0.3 is 25.8 Å². The number of methoxy groups -OCH3 is 2. The van der Waals surface area contributed by atoms with E-state index in [4.69, 9.17) is 20.2 Å². The first-order valence-electron chi connectivity index (χ1n) is 11.1. The summed E-state index contributed by atoms with van der Waals surface area (Å²) in [7, 11) is 3.24. The lowest BCUT2D eigenvalue weighted by Crippen LogP contribution is -2.29. The molecule has 0 spiro atoms. The fourth-order valence-corrected chi connectivity index (χ4v) is 4.24. The van der Waals surface area contributed by atoms with Gasteiger partial charge in [0.05, 0.1) is 14.2 Å². The highest BCUT2D eigenvalue weighted by Gasteiger charge is 2.21. The molecule has 8 nitrogen and oxygen atoms in total. The van der Waals surface area contributed by atoms with Gasteiger partial charge in [-0.25, -0.2) is 4.98 Å². The van der Waals surface area contributed by atoms with Crippen LogP contribution < -0.4 is 25.8 Å². The number of anilines is 1. The Kier molecular flexibility index (Phi) is 6.80. The van der Waals surface area contributed by atoms with Crippen molar-refractivity contribution in [3.05, 3.63) is 42.1 Å². The summed E-state index contributed by atoms with van der Waals surface area (Å²) in [6.07, 6.45) is 7.91. The zero-order valence-corrected chi connectivity index (χ0v) is 18.7. The van der Waals surface area contributed by atoms with Crippen LogP contribution in [0.5, 0.6) is 11.5 Å². The van der Waals surface area contributed by atoms with E-state index in [1.165, 1.54) is 19.3 Å². The number of rotatable bonds is 8. The van der Waals surface area contributed by atoms with Gasteiger partial charge in [-0.3, -0.25) is 9.20 Å². The first-order valence-corrected chi connectivity index (χ1v) is 11.1. The minimum atomic E-state index is -0.157. The maximum atomic E-state index is 12.4. The number of hydrogen-bond acceptors (Lipinski definition) is 6. The largest absolute Gasteiger partial charge is 0.493 e. The van der Waals surface area contributed by atoms with E-state index in [0.29, 0.717) is 41.8 Å². The van der Waals surface area contributed by atoms with Crippen molar-refractivity contribution in [1.29, 1.82) is 0 Å². The second-order valence-electron chi connectivity index (χ2n) is 8.05. The number of imidazole rings is 1. The van der Waals surface area contributed by atoms with Crippen LogP contribution in [0.25, 0.3) is 16.9 Å². The van der Waals surface area contributed by atoms with Crippen molar-refractivity contribution in [1.82, 2.24) is 14.7 Å². The topological polar surface area (TPSA) is 103 Å². The summed E-state index contributed by atoms with van der Waals surface area (Å²) in [6.45, 7) is 0.833. The van der Waals surface area contributed by atoms with E-state index in [9.17, 15) is 4.79 Å². The first-order chi connectivity index (χ1) is 15.6. The number of nitrogens with one attached hydrogen (secondary N) is 2. The highest BCUT2D eigenvalue weighted by molar-refractivity contribution is 5.95. The van der Waals surface area contributed by atoms with Crippen molar-refractivity contribution in [2.75, 3.05) is 32.6 Å². The molecule has 1 aliphatic carbocycles. The molecule has 0 bridgehead atoms. The van der Waals surface area contributed by atoms with Crippen LogP contribution in [-0.4, -0.2) is 48.6 Å². The van der Waals surface area contributed by atoms with Crippen molar-refractivity contribution < 1.29 is 14.3 Å². The number of nitrogens with two attached hydrogens (primary N) is 1. The van der Waals surface area contributed by atoms with Crippen LogP contribution in [0.3, 0.4) is 0 Å². The maximum absolute atomic E-state index is 12.4. The number of carbonyl (C=O) groups excluding carboxylic acids is 1. The van der Waals surface area contributed by atoms with Gasteiger partial charge in [-0.1, -0.05) is 19.3 Å². The Labute approximate surface area is 188 Å². The first kappa shape index (κ1) is 22.0. The second-order valence-corrected chi connectivity index (χ2v) is 8.05. The molecule has 3 aromatic rings. The molecule has 32 heavy (non-hydrogen) atoms. The number of hydrogen-bond donors (Lipinski definition) is 3. The SMILES string of the molecule is COc1ccc(-c2nc3cc(C(=O)NCCN)ccn3c2NC2CCCCC2)cc1OC. The molecule has 4 N–H and O–H groups in total. The minimum Gasteiger partial charge on any atom is -0.493 e. The van der Waals surface area contributed by atoms with Crippen LogP contribution in [0, 0.1) is 0 Å². The van der Waals surface area contributed by atoms with E-state index in [0.717, 1.165) is 29.9 Å². The normalized spacial score (nSPS) is 14.3. The molecule has 2 heterocycles. The van der Waals surface area contributed by atoms with E-state index >= 15 is 0 Å². The highest BCUT2D eigenvalue weighted by atomic mass is 16.5. The molecule has 0 aliphatic heterocycles. The van der Waals surface area contributed by atoms with Crippen molar-refractivity contribution in [3.8, 4) is 22.8 Å². The lowest BCUT2D eigenvalue weighted by atomic mass is 9.95. The van der Waals surface area contributed by atoms with Gasteiger partial charge in [0.25, 0.3) is 5.91 Å². The Hall–Kier alpha value is -3.26. The van der Waals surface area contributed by atoms with Crippen LogP contribution in [0.2, 0.25) is 0 Å². The van der Waals surface area contributed by atoms with E-state index in [1.54, 1.807) is 14.2 Å². The molecule has 0 unspecified atom stereocenters. The van der Waals surface area contributed by atoms with Crippen molar-refractivity contribution in [2.45, 2.75) is 38.1 Å². The van der Waals surface area contributed by atoms with Crippen molar-refractivity contribution >= 4 is 17.4 Å². The third-order valence-electron chi connectivity index (χ3n) is 5.92. The summed E-state index contributed by atoms with van der Waals surface area (Å²) in [5.74, 6) is 2.08. The Bertz CT molecular complexity index is 1090. The molecule has 0 atom stereocenters. The van der Waals surface area contributed by atoms with Crippen LogP contribution in [-0.2, 0) is 0 Å². The summed E-state index contributed by atoms with van der Waals surface area (Å²) in [5.41, 5.74) is 8.50. The fraction of sp³-hybridized carbons (Fsp3) is 0.417. The predicted octanol–water partition coefficient (Wildman–Crippen LogP) is 3.45. The highest BCUT2D eigenvalue weighted by Crippen LogP contribution is 2.36. The van der Waals surface area contributed by atoms with Crippen LogP contribution in [0.1, 0.15) is 42.5 Å². The van der Waals surface area contributed by atoms with E-state index in [-0.39, 0.29) is 5.91 Å². The molecule has 1 fully saturated rings. The molecule has 1 saturated carbocycles. The summed E-state index contributed by atoms with van der Waals surface area (Å²) in [5, 5.41) is 6.54. The smallest absolute Gasteiger partial charge is 0.251 e. The predicted molar refractivity (Wildman–Crippen MR) is 126 cm³/mol. The third kappa shape index (κ3) is 4.50. The maximum Gasteiger partial charge on any atom is 0.251 e. The molecule has 0 saturated heterocycles. The number of benzene rings is 1. The number of carbonyl (C=O) groups is 1. The zero-order chi connectivity index (χ0) is 22.5. The number of fused-ring (bicyclic) bond motifs is 1. The molecule has 4 rings (SSSR count). The number of amides is 1. The summed E-state index contributed by atoms with van der Waals surface area (Å²) in [6, 6.07) is 9.81. The van der Waals surface area contributed by atoms with Gasteiger partial charge in [-0.2, -0.15) is 0 Å². The van der Waals surface area contributed by atoms with Crippen molar-refractivity contribution in [2.24, 2.45) is 5.73 Å². The molecule has 170 valence electrons. The minimum absolute atomic E-state index is 0.157. The van der Waals surface area contributed by atoms with Crippen LogP contribution in [0.15, 0.2) is 36.5 Å². The Morgan fingerprint density at radius 3 is 2.62 bits per heavy atom. The number of pyridine rings is 1. The van der Waals surface area contributed by atoms with Crippen molar-refractivity contribution in [3.63, 3.8) is 0 Å². The molecule has 1 amide bonds. The molecular weight excluding hydrogens is 406 g/mol. The van der Waals surface area contributed by atoms with Gasteiger partial charge in [0.2, 0.25) is 0 Å². The fourth-order valence-electron chi connectivity index (χ4n) is 4.24. The molecule has 1 aliphatic rings. The van der Waals surface area contributed by atoms with E-state index < -0.39 is 0 Å². The molecule has 8 heteroatoms. The average molecular weight is 438 g/mol. The van der Waals surface area contributed by atoms with E-state index in [2.05, 4.69) is 10.6 Å². The second kappa shape index (κ2) is 9.91. The third-order valence-corrected chi connectivity index (χ3v) is 5.92. The molecular formula is C24H31N5O3. The average Bonchev–Trinajstić information content (AvgIpc) is 3.20. The number of aromatic nitrogens is 2. The lowest BCUT2D eigenvalue weighted by molar-refractivity contribution is 0.0954. The Morgan fingerprint density at radius 1 is 1.12 bits per heavy atom. The summed E-state index contributed by atoms with van der Waals surface area (Å²) < 4.78 is 12.9. The summed E-state index contributed by atoms with van der Waals surface area (Å²) in [4.78, 5) is 17.3. The number of ether oxygens (including phenoxy) is 2. The lowest BCUT2D eigenvalue weighted by Gasteiger charge is -2.24. The van der Waals surface area contributed by atoms with Gasteiger partial charge >= 0.3 is 0 Å². The molecule has 0 radical (unpaired) electrons. The van der Waals surface area contributed by atoms with Gasteiger partial charge in [-0.15, -0.1) is 0 Å². The monoisotopic (exact) mass is 437 g/mol. The molecule has 2 aromatic heterocycles. The van der Waals surface area contributed by atoms with Gasteiger partial charge in [-0.05, 0) is 43.2 Å². The van der Waals surface area contributed by atoms with Crippen LogP contribution in [0.4, 0.5) is 5.82 Å². The van der Waals surface area contributed by atoms with Gasteiger partial charge in [0, 0.05) is 36.5 Å². The van der Waals surface area contributed by atoms with E-state index in [1.807, 2.05) is 40.9 Å². The quantitative estimate of drug-likeness (QED) is 0.499. The van der Waals surface area contributed by atoms with Gasteiger partial charge in [0.1, 0.15) is 17.2 Å². The van der Waals surface area contributed by atoms with Crippen LogP contribution >= 0.6 is 0 Å².